The molecule has 1 atom stereocenters. The first-order valence-electron chi connectivity index (χ1n) is 9.23. The molecule has 3 rings (SSSR count). The Balaban J connectivity index is 1.63. The first kappa shape index (κ1) is 19.8. The molecule has 1 unspecified atom stereocenters. The molecule has 0 radical (unpaired) electrons. The molecule has 3 aromatic rings. The van der Waals surface area contributed by atoms with E-state index in [4.69, 9.17) is 4.52 Å². The van der Waals surface area contributed by atoms with Crippen LogP contribution in [0, 0.1) is 26.6 Å². The summed E-state index contributed by atoms with van der Waals surface area (Å²) in [5.74, 6) is 0.286. The van der Waals surface area contributed by atoms with Crippen molar-refractivity contribution in [2.75, 3.05) is 18.9 Å². The summed E-state index contributed by atoms with van der Waals surface area (Å²) in [7, 11) is 1.94. The zero-order valence-corrected chi connectivity index (χ0v) is 16.6. The Labute approximate surface area is 164 Å². The Morgan fingerprint density at radius 3 is 2.54 bits per heavy atom. The molecule has 1 heterocycles. The molecule has 0 spiro atoms. The minimum absolute atomic E-state index is 0.0499. The first-order valence-corrected chi connectivity index (χ1v) is 9.23. The molecule has 5 nitrogen and oxygen atoms in total. The van der Waals surface area contributed by atoms with Crippen LogP contribution >= 0.6 is 0 Å². The number of benzene rings is 2. The smallest absolute Gasteiger partial charge is 0.279 e. The molecule has 0 aliphatic heterocycles. The van der Waals surface area contributed by atoms with Gasteiger partial charge in [0.1, 0.15) is 18.1 Å². The van der Waals surface area contributed by atoms with E-state index in [0.29, 0.717) is 18.8 Å². The average molecular weight is 382 g/mol. The molecule has 2 aromatic carbocycles. The number of rotatable bonds is 6. The van der Waals surface area contributed by atoms with E-state index in [1.165, 1.54) is 12.1 Å². The van der Waals surface area contributed by atoms with Gasteiger partial charge in [0.15, 0.2) is 12.3 Å². The van der Waals surface area contributed by atoms with Gasteiger partial charge in [-0.2, -0.15) is 0 Å². The number of amides is 1. The number of aryl methyl sites for hydroxylation is 1. The van der Waals surface area contributed by atoms with Gasteiger partial charge >= 0.3 is 0 Å². The highest BCUT2D eigenvalue weighted by Gasteiger charge is 2.19. The lowest BCUT2D eigenvalue weighted by Crippen LogP contribution is -3.08. The van der Waals surface area contributed by atoms with Crippen molar-refractivity contribution in [3.63, 3.8) is 0 Å². The number of hydrogen-bond acceptors (Lipinski definition) is 3. The van der Waals surface area contributed by atoms with Gasteiger partial charge in [-0.3, -0.25) is 4.79 Å². The second kappa shape index (κ2) is 8.35. The van der Waals surface area contributed by atoms with E-state index in [-0.39, 0.29) is 11.7 Å². The fraction of sp³-hybridized carbons (Fsp3) is 0.273. The van der Waals surface area contributed by atoms with Crippen molar-refractivity contribution in [2.24, 2.45) is 0 Å². The maximum absolute atomic E-state index is 13.1. The molecule has 146 valence electrons. The fourth-order valence-electron chi connectivity index (χ4n) is 3.11. The average Bonchev–Trinajstić information content (AvgIpc) is 3.00. The van der Waals surface area contributed by atoms with E-state index in [0.717, 1.165) is 38.5 Å². The minimum Gasteiger partial charge on any atom is -0.356 e. The molecular formula is C22H25FN3O2+. The zero-order chi connectivity index (χ0) is 20.3. The van der Waals surface area contributed by atoms with Crippen molar-refractivity contribution in [3.05, 3.63) is 70.7 Å². The van der Waals surface area contributed by atoms with Crippen molar-refractivity contribution in [1.29, 1.82) is 0 Å². The predicted octanol–water partition coefficient (Wildman–Crippen LogP) is 3.06. The number of nitrogens with zero attached hydrogens (tertiary/aromatic N) is 1. The van der Waals surface area contributed by atoms with Crippen LogP contribution < -0.4 is 10.2 Å². The molecular weight excluding hydrogens is 357 g/mol. The molecule has 0 aliphatic rings. The molecule has 0 saturated heterocycles. The maximum atomic E-state index is 13.1. The number of carbonyl (C=O) groups excluding carboxylic acids is 1. The van der Waals surface area contributed by atoms with Gasteiger partial charge in [0.2, 0.25) is 0 Å². The van der Waals surface area contributed by atoms with Crippen molar-refractivity contribution in [3.8, 4) is 11.3 Å². The van der Waals surface area contributed by atoms with E-state index in [1.807, 2.05) is 46.0 Å². The molecule has 28 heavy (non-hydrogen) atoms. The van der Waals surface area contributed by atoms with Gasteiger partial charge in [0.05, 0.1) is 7.05 Å². The number of aromatic nitrogens is 1. The van der Waals surface area contributed by atoms with Crippen LogP contribution in [0.4, 0.5) is 10.1 Å². The number of hydrogen-bond donors (Lipinski definition) is 2. The molecule has 0 saturated carbocycles. The van der Waals surface area contributed by atoms with E-state index in [9.17, 15) is 9.18 Å². The van der Waals surface area contributed by atoms with Gasteiger partial charge in [0.25, 0.3) is 5.91 Å². The highest BCUT2D eigenvalue weighted by atomic mass is 19.1. The number of carbonyl (C=O) groups is 1. The van der Waals surface area contributed by atoms with Crippen molar-refractivity contribution in [1.82, 2.24) is 5.16 Å². The quantitative estimate of drug-likeness (QED) is 0.689. The molecule has 1 aromatic heterocycles. The molecule has 2 N–H and O–H groups in total. The van der Waals surface area contributed by atoms with E-state index < -0.39 is 0 Å². The topological polar surface area (TPSA) is 59.6 Å². The van der Waals surface area contributed by atoms with E-state index in [2.05, 4.69) is 10.5 Å². The van der Waals surface area contributed by atoms with Crippen LogP contribution in [0.1, 0.15) is 22.4 Å². The van der Waals surface area contributed by atoms with Gasteiger partial charge in [-0.05, 0) is 62.2 Å². The Morgan fingerprint density at radius 1 is 1.11 bits per heavy atom. The summed E-state index contributed by atoms with van der Waals surface area (Å²) in [5.41, 5.74) is 5.53. The van der Waals surface area contributed by atoms with Crippen molar-refractivity contribution < 1.29 is 18.6 Å². The Kier molecular flexibility index (Phi) is 5.90. The summed E-state index contributed by atoms with van der Waals surface area (Å²) in [6.45, 7) is 6.81. The lowest BCUT2D eigenvalue weighted by atomic mass is 10.1. The normalized spacial score (nSPS) is 12.0. The summed E-state index contributed by atoms with van der Waals surface area (Å²) in [5, 5.41) is 7.13. The van der Waals surface area contributed by atoms with Gasteiger partial charge in [-0.1, -0.05) is 17.3 Å². The van der Waals surface area contributed by atoms with Crippen LogP contribution in [0.25, 0.3) is 11.3 Å². The Hall–Kier alpha value is -2.99. The second-order valence-electron chi connectivity index (χ2n) is 7.20. The summed E-state index contributed by atoms with van der Waals surface area (Å²) in [6, 6.07) is 12.0. The van der Waals surface area contributed by atoms with Crippen LogP contribution in [0.3, 0.4) is 0 Å². The predicted molar refractivity (Wildman–Crippen MR) is 107 cm³/mol. The van der Waals surface area contributed by atoms with Crippen LogP contribution in [-0.4, -0.2) is 24.7 Å². The highest BCUT2D eigenvalue weighted by molar-refractivity contribution is 5.92. The summed E-state index contributed by atoms with van der Waals surface area (Å²) >= 11 is 0. The monoisotopic (exact) mass is 382 g/mol. The van der Waals surface area contributed by atoms with Gasteiger partial charge in [-0.15, -0.1) is 0 Å². The Morgan fingerprint density at radius 2 is 1.82 bits per heavy atom. The van der Waals surface area contributed by atoms with Crippen molar-refractivity contribution >= 4 is 11.6 Å². The SMILES string of the molecule is Cc1cccc(NC(=O)C[NH+](C)Cc2noc(-c3ccc(F)cc3)c2C)c1C. The second-order valence-corrected chi connectivity index (χ2v) is 7.20. The van der Waals surface area contributed by atoms with Crippen LogP contribution in [0.5, 0.6) is 0 Å². The maximum Gasteiger partial charge on any atom is 0.279 e. The third kappa shape index (κ3) is 4.46. The summed E-state index contributed by atoms with van der Waals surface area (Å²) in [4.78, 5) is 13.4. The van der Waals surface area contributed by atoms with Gasteiger partial charge in [0, 0.05) is 16.8 Å². The number of quaternary nitrogens is 1. The highest BCUT2D eigenvalue weighted by Crippen LogP contribution is 2.25. The minimum atomic E-state index is -0.292. The summed E-state index contributed by atoms with van der Waals surface area (Å²) in [6.07, 6.45) is 0. The number of anilines is 1. The fourth-order valence-corrected chi connectivity index (χ4v) is 3.11. The number of nitrogens with one attached hydrogen (secondary N) is 2. The standard InChI is InChI=1S/C22H24FN3O2/c1-14-6-5-7-19(15(14)2)24-21(27)13-26(4)12-20-16(3)22(28-25-20)17-8-10-18(23)11-9-17/h5-11H,12-13H2,1-4H3,(H,24,27)/p+1. The largest absolute Gasteiger partial charge is 0.356 e. The van der Waals surface area contributed by atoms with Gasteiger partial charge in [-0.25, -0.2) is 4.39 Å². The number of halogens is 1. The van der Waals surface area contributed by atoms with Gasteiger partial charge < -0.3 is 14.7 Å². The molecule has 0 aliphatic carbocycles. The van der Waals surface area contributed by atoms with Crippen LogP contribution in [-0.2, 0) is 11.3 Å². The van der Waals surface area contributed by atoms with E-state index in [1.54, 1.807) is 12.1 Å². The first-order chi connectivity index (χ1) is 13.3. The van der Waals surface area contributed by atoms with Crippen LogP contribution in [0.2, 0.25) is 0 Å². The van der Waals surface area contributed by atoms with E-state index >= 15 is 0 Å². The zero-order valence-electron chi connectivity index (χ0n) is 16.6. The molecule has 6 heteroatoms. The third-order valence-electron chi connectivity index (χ3n) is 4.94. The lowest BCUT2D eigenvalue weighted by Gasteiger charge is -2.14. The lowest BCUT2D eigenvalue weighted by molar-refractivity contribution is -0.885. The third-order valence-corrected chi connectivity index (χ3v) is 4.94. The van der Waals surface area contributed by atoms with Crippen LogP contribution in [0.15, 0.2) is 47.0 Å². The molecule has 1 amide bonds. The molecule has 0 bridgehead atoms. The number of likely N-dealkylation sites (N-methyl/N-ethyl adjacent to an activating group) is 1. The Bertz CT molecular complexity index is 980. The van der Waals surface area contributed by atoms with Crippen molar-refractivity contribution in [2.45, 2.75) is 27.3 Å². The molecule has 0 fully saturated rings. The summed E-state index contributed by atoms with van der Waals surface area (Å²) < 4.78 is 18.6.